The summed E-state index contributed by atoms with van der Waals surface area (Å²) in [5.41, 5.74) is 0.693. The van der Waals surface area contributed by atoms with Crippen molar-refractivity contribution in [1.82, 2.24) is 5.32 Å². The molecule has 0 spiro atoms. The van der Waals surface area contributed by atoms with Crippen LogP contribution in [-0.2, 0) is 0 Å². The molecule has 0 saturated heterocycles. The van der Waals surface area contributed by atoms with E-state index >= 15 is 0 Å². The number of fused-ring (bicyclic) bond motifs is 2. The highest BCUT2D eigenvalue weighted by molar-refractivity contribution is 5.12. The number of alkyl halides is 3. The average Bonchev–Trinajstić information content (AvgIpc) is 2.59. The zero-order valence-electron chi connectivity index (χ0n) is 12.2. The maximum atomic E-state index is 12.0. The Hall–Kier alpha value is -0.250. The second kappa shape index (κ2) is 4.94. The summed E-state index contributed by atoms with van der Waals surface area (Å²) in [5, 5.41) is 3.53. The molecule has 3 unspecified atom stereocenters. The van der Waals surface area contributed by atoms with Crippen LogP contribution >= 0.6 is 0 Å². The highest BCUT2D eigenvalue weighted by Crippen LogP contribution is 2.65. The van der Waals surface area contributed by atoms with Crippen molar-refractivity contribution in [2.45, 2.75) is 71.5 Å². The van der Waals surface area contributed by atoms with Gasteiger partial charge >= 0.3 is 6.18 Å². The lowest BCUT2D eigenvalue weighted by Crippen LogP contribution is -2.44. The van der Waals surface area contributed by atoms with E-state index in [-0.39, 0.29) is 6.42 Å². The number of nitrogens with one attached hydrogen (secondary N) is 1. The minimum Gasteiger partial charge on any atom is -0.313 e. The number of hydrogen-bond acceptors (Lipinski definition) is 1. The third-order valence-corrected chi connectivity index (χ3v) is 6.07. The van der Waals surface area contributed by atoms with E-state index in [1.54, 1.807) is 0 Å². The van der Waals surface area contributed by atoms with Gasteiger partial charge in [0.15, 0.2) is 0 Å². The van der Waals surface area contributed by atoms with Crippen molar-refractivity contribution in [3.8, 4) is 0 Å². The molecule has 0 aromatic heterocycles. The van der Waals surface area contributed by atoms with Crippen LogP contribution in [0.1, 0.15) is 59.3 Å². The molecule has 0 aliphatic heterocycles. The fourth-order valence-corrected chi connectivity index (χ4v) is 4.24. The zero-order valence-corrected chi connectivity index (χ0v) is 12.2. The first-order valence-electron chi connectivity index (χ1n) is 7.47. The minimum absolute atomic E-state index is 0.243. The highest BCUT2D eigenvalue weighted by atomic mass is 19.4. The van der Waals surface area contributed by atoms with Gasteiger partial charge in [-0.25, -0.2) is 0 Å². The van der Waals surface area contributed by atoms with E-state index in [1.807, 2.05) is 0 Å². The maximum absolute atomic E-state index is 12.0. The average molecular weight is 277 g/mol. The Labute approximate surface area is 114 Å². The van der Waals surface area contributed by atoms with Crippen LogP contribution in [0.5, 0.6) is 0 Å². The molecule has 19 heavy (non-hydrogen) atoms. The second-order valence-electron chi connectivity index (χ2n) is 7.19. The van der Waals surface area contributed by atoms with Crippen LogP contribution in [0, 0.1) is 16.7 Å². The lowest BCUT2D eigenvalue weighted by Gasteiger charge is -2.39. The summed E-state index contributed by atoms with van der Waals surface area (Å²) in [7, 11) is 0. The zero-order chi connectivity index (χ0) is 14.3. The third-order valence-electron chi connectivity index (χ3n) is 6.07. The van der Waals surface area contributed by atoms with Gasteiger partial charge in [-0.15, -0.1) is 0 Å². The van der Waals surface area contributed by atoms with E-state index in [0.29, 0.717) is 23.3 Å². The van der Waals surface area contributed by atoms with E-state index in [2.05, 4.69) is 26.1 Å². The first-order chi connectivity index (χ1) is 8.67. The monoisotopic (exact) mass is 277 g/mol. The van der Waals surface area contributed by atoms with Gasteiger partial charge in [-0.3, -0.25) is 0 Å². The summed E-state index contributed by atoms with van der Waals surface area (Å²) in [6.45, 7) is 7.79. The van der Waals surface area contributed by atoms with Crippen molar-refractivity contribution in [3.63, 3.8) is 0 Å². The molecule has 2 rings (SSSR count). The Morgan fingerprint density at radius 3 is 2.32 bits per heavy atom. The Morgan fingerprint density at radius 2 is 1.84 bits per heavy atom. The molecular weight excluding hydrogens is 251 g/mol. The van der Waals surface area contributed by atoms with Crippen molar-refractivity contribution < 1.29 is 13.2 Å². The molecular formula is C15H26F3N. The van der Waals surface area contributed by atoms with Gasteiger partial charge in [0.25, 0.3) is 0 Å². The van der Waals surface area contributed by atoms with Crippen LogP contribution in [0.2, 0.25) is 0 Å². The number of unbranched alkanes of at least 4 members (excludes halogenated alkanes) is 1. The lowest BCUT2D eigenvalue weighted by atomic mass is 9.69. The second-order valence-corrected chi connectivity index (χ2v) is 7.19. The molecule has 0 heterocycles. The van der Waals surface area contributed by atoms with Gasteiger partial charge in [0, 0.05) is 12.5 Å². The van der Waals surface area contributed by atoms with Crippen molar-refractivity contribution in [2.24, 2.45) is 16.7 Å². The normalized spacial score (nSPS) is 36.9. The summed E-state index contributed by atoms with van der Waals surface area (Å²) >= 11 is 0. The Balaban J connectivity index is 1.74. The molecule has 4 heteroatoms. The SMILES string of the molecule is CC1(C)C2CCC1(C)C(NCCCCC(F)(F)F)C2. The van der Waals surface area contributed by atoms with Crippen molar-refractivity contribution in [2.75, 3.05) is 6.54 Å². The van der Waals surface area contributed by atoms with E-state index < -0.39 is 12.6 Å². The predicted octanol–water partition coefficient (Wildman–Crippen LogP) is 4.52. The first-order valence-corrected chi connectivity index (χ1v) is 7.47. The summed E-state index contributed by atoms with van der Waals surface area (Å²) in [6.07, 6.45) is -0.0154. The molecule has 0 amide bonds. The summed E-state index contributed by atoms with van der Waals surface area (Å²) in [6, 6.07) is 0.493. The highest BCUT2D eigenvalue weighted by Gasteiger charge is 2.60. The van der Waals surface area contributed by atoms with Gasteiger partial charge in [-0.05, 0) is 55.4 Å². The molecule has 1 nitrogen and oxygen atoms in total. The predicted molar refractivity (Wildman–Crippen MR) is 70.9 cm³/mol. The molecule has 2 saturated carbocycles. The van der Waals surface area contributed by atoms with Crippen LogP contribution in [0.3, 0.4) is 0 Å². The van der Waals surface area contributed by atoms with Gasteiger partial charge in [-0.1, -0.05) is 20.8 Å². The number of halogens is 3. The first kappa shape index (κ1) is 15.1. The minimum atomic E-state index is -4.00. The van der Waals surface area contributed by atoms with E-state index in [0.717, 1.165) is 12.5 Å². The van der Waals surface area contributed by atoms with Crippen LogP contribution < -0.4 is 5.32 Å². The van der Waals surface area contributed by atoms with Gasteiger partial charge in [0.05, 0.1) is 0 Å². The van der Waals surface area contributed by atoms with E-state index in [9.17, 15) is 13.2 Å². The molecule has 2 aliphatic carbocycles. The molecule has 0 aromatic carbocycles. The Morgan fingerprint density at radius 1 is 1.16 bits per heavy atom. The molecule has 0 radical (unpaired) electrons. The molecule has 2 aliphatic rings. The number of hydrogen-bond donors (Lipinski definition) is 1. The van der Waals surface area contributed by atoms with Gasteiger partial charge in [0.2, 0.25) is 0 Å². The van der Waals surface area contributed by atoms with E-state index in [4.69, 9.17) is 0 Å². The van der Waals surface area contributed by atoms with E-state index in [1.165, 1.54) is 19.3 Å². The quantitative estimate of drug-likeness (QED) is 0.728. The molecule has 2 fully saturated rings. The maximum Gasteiger partial charge on any atom is 0.389 e. The fraction of sp³-hybridized carbons (Fsp3) is 1.00. The fourth-order valence-electron chi connectivity index (χ4n) is 4.24. The summed E-state index contributed by atoms with van der Waals surface area (Å²) < 4.78 is 36.1. The van der Waals surface area contributed by atoms with Gasteiger partial charge < -0.3 is 5.32 Å². The molecule has 1 N–H and O–H groups in total. The van der Waals surface area contributed by atoms with Crippen molar-refractivity contribution in [3.05, 3.63) is 0 Å². The van der Waals surface area contributed by atoms with Crippen LogP contribution in [0.4, 0.5) is 13.2 Å². The van der Waals surface area contributed by atoms with Crippen molar-refractivity contribution in [1.29, 1.82) is 0 Å². The van der Waals surface area contributed by atoms with Gasteiger partial charge in [0.1, 0.15) is 0 Å². The van der Waals surface area contributed by atoms with Crippen LogP contribution in [0.25, 0.3) is 0 Å². The molecule has 112 valence electrons. The Kier molecular flexibility index (Phi) is 3.94. The molecule has 3 atom stereocenters. The third kappa shape index (κ3) is 2.79. The molecule has 2 bridgehead atoms. The number of rotatable bonds is 5. The Bertz CT molecular complexity index is 324. The summed E-state index contributed by atoms with van der Waals surface area (Å²) in [5.74, 6) is 0.783. The largest absolute Gasteiger partial charge is 0.389 e. The van der Waals surface area contributed by atoms with Crippen LogP contribution in [-0.4, -0.2) is 18.8 Å². The van der Waals surface area contributed by atoms with Crippen molar-refractivity contribution >= 4 is 0 Å². The standard InChI is InChI=1S/C15H26F3N/c1-13(2)11-6-8-14(13,3)12(10-11)19-9-5-4-7-15(16,17)18/h11-12,19H,4-10H2,1-3H3. The molecule has 0 aromatic rings. The van der Waals surface area contributed by atoms with Gasteiger partial charge in [-0.2, -0.15) is 13.2 Å². The topological polar surface area (TPSA) is 12.0 Å². The smallest absolute Gasteiger partial charge is 0.313 e. The summed E-state index contributed by atoms with van der Waals surface area (Å²) in [4.78, 5) is 0. The lowest BCUT2D eigenvalue weighted by molar-refractivity contribution is -0.135. The van der Waals surface area contributed by atoms with Crippen LogP contribution in [0.15, 0.2) is 0 Å².